The molecule has 3 aromatic carbocycles. The third-order valence-electron chi connectivity index (χ3n) is 6.35. The van der Waals surface area contributed by atoms with Gasteiger partial charge in [0.05, 0.1) is 0 Å². The summed E-state index contributed by atoms with van der Waals surface area (Å²) in [6, 6.07) is 21.1. The highest BCUT2D eigenvalue weighted by molar-refractivity contribution is 6.14. The summed E-state index contributed by atoms with van der Waals surface area (Å²) in [7, 11) is 0. The average Bonchev–Trinajstić information content (AvgIpc) is 2.77. The number of amides is 2. The zero-order valence-electron chi connectivity index (χ0n) is 19.4. The van der Waals surface area contributed by atoms with Gasteiger partial charge >= 0.3 is 0 Å². The van der Waals surface area contributed by atoms with Crippen molar-refractivity contribution in [3.63, 3.8) is 0 Å². The van der Waals surface area contributed by atoms with E-state index >= 15 is 0 Å². The predicted molar refractivity (Wildman–Crippen MR) is 130 cm³/mol. The van der Waals surface area contributed by atoms with Gasteiger partial charge in [0.1, 0.15) is 12.6 Å². The minimum atomic E-state index is -0.708. The molecule has 4 heteroatoms. The molecule has 3 aromatic rings. The number of nitrogens with zero attached hydrogens (tertiary/aromatic N) is 2. The molecule has 0 aliphatic carbocycles. The van der Waals surface area contributed by atoms with Gasteiger partial charge in [-0.05, 0) is 73.2 Å². The first-order chi connectivity index (χ1) is 15.3. The highest BCUT2D eigenvalue weighted by Gasteiger charge is 2.41. The van der Waals surface area contributed by atoms with Crippen LogP contribution in [-0.4, -0.2) is 18.4 Å². The Kier molecular flexibility index (Phi) is 5.88. The van der Waals surface area contributed by atoms with E-state index in [1.54, 1.807) is 9.80 Å². The van der Waals surface area contributed by atoms with Crippen LogP contribution in [0.25, 0.3) is 0 Å². The number of benzene rings is 3. The van der Waals surface area contributed by atoms with Crippen LogP contribution in [0.2, 0.25) is 0 Å². The Bertz CT molecular complexity index is 1150. The summed E-state index contributed by atoms with van der Waals surface area (Å²) in [5.41, 5.74) is 6.90. The molecule has 1 aliphatic rings. The van der Waals surface area contributed by atoms with E-state index in [2.05, 4.69) is 26.0 Å². The molecule has 2 amide bonds. The fourth-order valence-corrected chi connectivity index (χ4v) is 4.16. The van der Waals surface area contributed by atoms with Crippen LogP contribution in [0.5, 0.6) is 0 Å². The van der Waals surface area contributed by atoms with Crippen molar-refractivity contribution in [1.29, 1.82) is 0 Å². The molecule has 0 spiro atoms. The summed E-state index contributed by atoms with van der Waals surface area (Å²) < 4.78 is 0. The van der Waals surface area contributed by atoms with Crippen molar-refractivity contribution < 1.29 is 9.59 Å². The van der Waals surface area contributed by atoms with Gasteiger partial charge in [0.2, 0.25) is 5.91 Å². The van der Waals surface area contributed by atoms with Gasteiger partial charge in [-0.15, -0.1) is 0 Å². The van der Waals surface area contributed by atoms with Crippen molar-refractivity contribution in [2.75, 3.05) is 16.3 Å². The van der Waals surface area contributed by atoms with Crippen molar-refractivity contribution in [3.05, 3.63) is 94.5 Å². The largest absolute Gasteiger partial charge is 0.301 e. The molecule has 0 saturated carbocycles. The Morgan fingerprint density at radius 3 is 2.00 bits per heavy atom. The average molecular weight is 427 g/mol. The van der Waals surface area contributed by atoms with Crippen molar-refractivity contribution in [1.82, 2.24) is 0 Å². The molecule has 0 radical (unpaired) electrons. The molecule has 1 atom stereocenters. The number of hydrogen-bond acceptors (Lipinski definition) is 2. The third kappa shape index (κ3) is 4.05. The van der Waals surface area contributed by atoms with Gasteiger partial charge in [-0.3, -0.25) is 14.5 Å². The number of carbonyl (C=O) groups excluding carboxylic acids is 2. The van der Waals surface area contributed by atoms with Gasteiger partial charge in [-0.1, -0.05) is 61.9 Å². The lowest BCUT2D eigenvalue weighted by Crippen LogP contribution is -2.56. The number of anilines is 2. The number of hydrogen-bond donors (Lipinski definition) is 0. The van der Waals surface area contributed by atoms with Crippen LogP contribution in [0, 0.1) is 20.8 Å². The van der Waals surface area contributed by atoms with Crippen molar-refractivity contribution >= 4 is 23.2 Å². The molecule has 0 aromatic heterocycles. The van der Waals surface area contributed by atoms with Crippen molar-refractivity contribution in [2.45, 2.75) is 46.6 Å². The fourth-order valence-electron chi connectivity index (χ4n) is 4.16. The highest BCUT2D eigenvalue weighted by Crippen LogP contribution is 2.35. The summed E-state index contributed by atoms with van der Waals surface area (Å²) in [5, 5.41) is 0. The molecule has 4 nitrogen and oxygen atoms in total. The maximum Gasteiger partial charge on any atom is 0.255 e. The second-order valence-electron chi connectivity index (χ2n) is 9.02. The topological polar surface area (TPSA) is 40.6 Å². The standard InChI is InChI=1S/C28H30N2O2/c1-18(2)22-9-11-23(12-10-22)27-28(32)29(24-13-6-19(3)7-14-24)17-26(31)30(27)25-15-8-20(4)21(5)16-25/h6-16,18,27H,17H2,1-5H3/t27-/m0/s1. The van der Waals surface area contributed by atoms with Gasteiger partial charge in [0, 0.05) is 11.4 Å². The normalized spacial score (nSPS) is 16.8. The molecular weight excluding hydrogens is 396 g/mol. The van der Waals surface area contributed by atoms with Crippen molar-refractivity contribution in [2.24, 2.45) is 0 Å². The monoisotopic (exact) mass is 426 g/mol. The molecular formula is C28H30N2O2. The highest BCUT2D eigenvalue weighted by atomic mass is 16.2. The molecule has 4 rings (SSSR count). The van der Waals surface area contributed by atoms with E-state index in [0.29, 0.717) is 5.92 Å². The molecule has 1 saturated heterocycles. The molecule has 0 bridgehead atoms. The summed E-state index contributed by atoms with van der Waals surface area (Å²) in [4.78, 5) is 30.6. The van der Waals surface area contributed by atoms with Crippen LogP contribution in [0.15, 0.2) is 66.7 Å². The maximum absolute atomic E-state index is 13.8. The van der Waals surface area contributed by atoms with E-state index in [1.807, 2.05) is 75.4 Å². The molecule has 1 fully saturated rings. The summed E-state index contributed by atoms with van der Waals surface area (Å²) >= 11 is 0. The number of rotatable bonds is 4. The number of piperazine rings is 1. The molecule has 1 aliphatic heterocycles. The zero-order chi connectivity index (χ0) is 23.0. The second-order valence-corrected chi connectivity index (χ2v) is 9.02. The predicted octanol–water partition coefficient (Wildman–Crippen LogP) is 5.86. The first kappa shape index (κ1) is 21.8. The van der Waals surface area contributed by atoms with E-state index < -0.39 is 6.04 Å². The lowest BCUT2D eigenvalue weighted by atomic mass is 9.95. The quantitative estimate of drug-likeness (QED) is 0.524. The molecule has 1 heterocycles. The lowest BCUT2D eigenvalue weighted by Gasteiger charge is -2.40. The Hall–Kier alpha value is -3.40. The number of carbonyl (C=O) groups is 2. The summed E-state index contributed by atoms with van der Waals surface area (Å²) in [6.07, 6.45) is 0. The number of aryl methyl sites for hydroxylation is 3. The van der Waals surface area contributed by atoms with Crippen LogP contribution in [-0.2, 0) is 9.59 Å². The molecule has 164 valence electrons. The van der Waals surface area contributed by atoms with E-state index in [4.69, 9.17) is 0 Å². The third-order valence-corrected chi connectivity index (χ3v) is 6.35. The van der Waals surface area contributed by atoms with E-state index in [0.717, 1.165) is 33.6 Å². The van der Waals surface area contributed by atoms with Crippen molar-refractivity contribution in [3.8, 4) is 0 Å². The SMILES string of the molecule is Cc1ccc(N2CC(=O)N(c3ccc(C)c(C)c3)[C@@H](c3ccc(C(C)C)cc3)C2=O)cc1. The first-order valence-electron chi connectivity index (χ1n) is 11.1. The Labute approximate surface area is 190 Å². The lowest BCUT2D eigenvalue weighted by molar-refractivity contribution is -0.128. The Morgan fingerprint density at radius 1 is 0.781 bits per heavy atom. The van der Waals surface area contributed by atoms with Gasteiger partial charge in [0.15, 0.2) is 0 Å². The summed E-state index contributed by atoms with van der Waals surface area (Å²) in [5.74, 6) is 0.211. The minimum absolute atomic E-state index is 0.0232. The van der Waals surface area contributed by atoms with Crippen LogP contribution in [0.1, 0.15) is 53.6 Å². The molecule has 32 heavy (non-hydrogen) atoms. The zero-order valence-corrected chi connectivity index (χ0v) is 19.4. The smallest absolute Gasteiger partial charge is 0.255 e. The van der Waals surface area contributed by atoms with Crippen LogP contribution in [0.4, 0.5) is 11.4 Å². The Balaban J connectivity index is 1.81. The van der Waals surface area contributed by atoms with Gasteiger partial charge in [-0.25, -0.2) is 0 Å². The van der Waals surface area contributed by atoms with Gasteiger partial charge < -0.3 is 4.90 Å². The van der Waals surface area contributed by atoms with Gasteiger partial charge in [-0.2, -0.15) is 0 Å². The molecule has 0 unspecified atom stereocenters. The summed E-state index contributed by atoms with van der Waals surface area (Å²) in [6.45, 7) is 10.4. The first-order valence-corrected chi connectivity index (χ1v) is 11.1. The van der Waals surface area contributed by atoms with E-state index in [9.17, 15) is 9.59 Å². The van der Waals surface area contributed by atoms with Gasteiger partial charge in [0.25, 0.3) is 5.91 Å². The second kappa shape index (κ2) is 8.62. The minimum Gasteiger partial charge on any atom is -0.301 e. The van der Waals surface area contributed by atoms with Crippen LogP contribution < -0.4 is 9.80 Å². The maximum atomic E-state index is 13.8. The van der Waals surface area contributed by atoms with Crippen LogP contribution >= 0.6 is 0 Å². The van der Waals surface area contributed by atoms with E-state index in [1.165, 1.54) is 5.56 Å². The molecule has 0 N–H and O–H groups in total. The Morgan fingerprint density at radius 2 is 1.41 bits per heavy atom. The van der Waals surface area contributed by atoms with Crippen LogP contribution in [0.3, 0.4) is 0 Å². The van der Waals surface area contributed by atoms with E-state index in [-0.39, 0.29) is 18.4 Å². The fraction of sp³-hybridized carbons (Fsp3) is 0.286.